The van der Waals surface area contributed by atoms with Crippen LogP contribution in [0.2, 0.25) is 5.02 Å². The number of nitrogens with one attached hydrogen (secondary N) is 1. The lowest BCUT2D eigenvalue weighted by molar-refractivity contribution is 0.0218. The van der Waals surface area contributed by atoms with Gasteiger partial charge in [0.1, 0.15) is 5.60 Å². The third-order valence-corrected chi connectivity index (χ3v) is 3.42. The normalized spacial score (nSPS) is 25.1. The van der Waals surface area contributed by atoms with Crippen LogP contribution in [0, 0.1) is 0 Å². The number of benzene rings is 1. The van der Waals surface area contributed by atoms with E-state index >= 15 is 0 Å². The number of halogens is 1. The molecule has 2 rings (SSSR count). The quantitative estimate of drug-likeness (QED) is 0.810. The second kappa shape index (κ2) is 4.12. The first-order valence-electron chi connectivity index (χ1n) is 5.32. The molecule has 0 bridgehead atoms. The molecule has 0 aromatic heterocycles. The topological polar surface area (TPSA) is 32.3 Å². The zero-order valence-electron chi connectivity index (χ0n) is 8.83. The van der Waals surface area contributed by atoms with Crippen LogP contribution in [0.15, 0.2) is 24.3 Å². The van der Waals surface area contributed by atoms with Gasteiger partial charge in [0, 0.05) is 11.1 Å². The first kappa shape index (κ1) is 10.9. The van der Waals surface area contributed by atoms with Crippen LogP contribution >= 0.6 is 11.6 Å². The molecule has 2 atom stereocenters. The minimum Gasteiger partial charge on any atom is -0.384 e. The van der Waals surface area contributed by atoms with Crippen LogP contribution < -0.4 is 5.32 Å². The van der Waals surface area contributed by atoms with E-state index in [9.17, 15) is 5.11 Å². The van der Waals surface area contributed by atoms with Gasteiger partial charge in [-0.2, -0.15) is 0 Å². The van der Waals surface area contributed by atoms with Gasteiger partial charge in [-0.3, -0.25) is 0 Å². The predicted octanol–water partition coefficient (Wildman–Crippen LogP) is 2.30. The highest BCUT2D eigenvalue weighted by Gasteiger charge is 2.35. The van der Waals surface area contributed by atoms with Gasteiger partial charge in [-0.15, -0.1) is 0 Å². The van der Waals surface area contributed by atoms with Crippen LogP contribution in [0.4, 0.5) is 0 Å². The smallest absolute Gasteiger partial charge is 0.102 e. The summed E-state index contributed by atoms with van der Waals surface area (Å²) in [5.41, 5.74) is 0.118. The fourth-order valence-corrected chi connectivity index (χ4v) is 2.28. The molecule has 1 aromatic rings. The predicted molar refractivity (Wildman–Crippen MR) is 62.0 cm³/mol. The van der Waals surface area contributed by atoms with Gasteiger partial charge < -0.3 is 10.4 Å². The zero-order valence-corrected chi connectivity index (χ0v) is 9.59. The lowest BCUT2D eigenvalue weighted by atomic mass is 9.87. The summed E-state index contributed by atoms with van der Waals surface area (Å²) in [6.07, 6.45) is 2.16. The average Bonchev–Trinajstić information content (AvgIpc) is 2.71. The Bertz CT molecular complexity index is 328. The van der Waals surface area contributed by atoms with Gasteiger partial charge in [-0.1, -0.05) is 23.7 Å². The molecule has 1 aromatic carbocycles. The lowest BCUT2D eigenvalue weighted by Crippen LogP contribution is -2.42. The van der Waals surface area contributed by atoms with E-state index in [-0.39, 0.29) is 6.04 Å². The van der Waals surface area contributed by atoms with E-state index < -0.39 is 5.60 Å². The largest absolute Gasteiger partial charge is 0.384 e. The van der Waals surface area contributed by atoms with Crippen LogP contribution in [0.25, 0.3) is 0 Å². The van der Waals surface area contributed by atoms with Crippen molar-refractivity contribution in [1.82, 2.24) is 5.32 Å². The van der Waals surface area contributed by atoms with Gasteiger partial charge in [0.25, 0.3) is 0 Å². The summed E-state index contributed by atoms with van der Waals surface area (Å²) in [5.74, 6) is 0. The maximum Gasteiger partial charge on any atom is 0.102 e. The Balaban J connectivity index is 2.23. The second-order valence-electron chi connectivity index (χ2n) is 4.30. The highest BCUT2D eigenvalue weighted by atomic mass is 35.5. The Hall–Kier alpha value is -0.570. The zero-order chi connectivity index (χ0) is 10.9. The van der Waals surface area contributed by atoms with Crippen molar-refractivity contribution in [1.29, 1.82) is 0 Å². The molecule has 1 fully saturated rings. The second-order valence-corrected chi connectivity index (χ2v) is 4.74. The van der Waals surface area contributed by atoms with Crippen LogP contribution in [0.1, 0.15) is 25.3 Å². The lowest BCUT2D eigenvalue weighted by Gasteiger charge is -2.30. The summed E-state index contributed by atoms with van der Waals surface area (Å²) in [5, 5.41) is 14.5. The Morgan fingerprint density at radius 1 is 1.40 bits per heavy atom. The summed E-state index contributed by atoms with van der Waals surface area (Å²) in [4.78, 5) is 0. The van der Waals surface area contributed by atoms with E-state index in [1.807, 2.05) is 31.2 Å². The molecule has 0 saturated carbocycles. The summed E-state index contributed by atoms with van der Waals surface area (Å²) < 4.78 is 0. The van der Waals surface area contributed by atoms with E-state index in [0.717, 1.165) is 24.9 Å². The molecule has 1 aliphatic heterocycles. The van der Waals surface area contributed by atoms with Crippen LogP contribution in [0.5, 0.6) is 0 Å². The molecule has 1 heterocycles. The Labute approximate surface area is 95.3 Å². The fraction of sp³-hybridized carbons (Fsp3) is 0.500. The number of hydrogen-bond acceptors (Lipinski definition) is 2. The first-order chi connectivity index (χ1) is 7.10. The van der Waals surface area contributed by atoms with Gasteiger partial charge in [0.05, 0.1) is 0 Å². The molecule has 2 N–H and O–H groups in total. The van der Waals surface area contributed by atoms with E-state index in [4.69, 9.17) is 11.6 Å². The van der Waals surface area contributed by atoms with Gasteiger partial charge in [-0.05, 0) is 44.0 Å². The van der Waals surface area contributed by atoms with Gasteiger partial charge in [-0.25, -0.2) is 0 Å². The highest BCUT2D eigenvalue weighted by Crippen LogP contribution is 2.30. The summed E-state index contributed by atoms with van der Waals surface area (Å²) in [6, 6.07) is 7.57. The van der Waals surface area contributed by atoms with E-state index in [2.05, 4.69) is 5.32 Å². The third-order valence-electron chi connectivity index (χ3n) is 3.17. The van der Waals surface area contributed by atoms with Crippen molar-refractivity contribution in [2.24, 2.45) is 0 Å². The van der Waals surface area contributed by atoms with Crippen molar-refractivity contribution < 1.29 is 5.11 Å². The highest BCUT2D eigenvalue weighted by molar-refractivity contribution is 6.30. The van der Waals surface area contributed by atoms with Gasteiger partial charge in [0.15, 0.2) is 0 Å². The molecule has 82 valence electrons. The molecule has 1 saturated heterocycles. The van der Waals surface area contributed by atoms with Crippen molar-refractivity contribution in [3.63, 3.8) is 0 Å². The van der Waals surface area contributed by atoms with Crippen LogP contribution in [-0.4, -0.2) is 17.7 Å². The molecule has 0 radical (unpaired) electrons. The molecule has 3 heteroatoms. The summed E-state index contributed by atoms with van der Waals surface area (Å²) in [6.45, 7) is 2.85. The van der Waals surface area contributed by atoms with E-state index in [1.165, 1.54) is 0 Å². The minimum absolute atomic E-state index is 0.152. The van der Waals surface area contributed by atoms with Crippen LogP contribution in [-0.2, 0) is 5.60 Å². The molecule has 0 amide bonds. The molecule has 2 unspecified atom stereocenters. The summed E-state index contributed by atoms with van der Waals surface area (Å²) in [7, 11) is 0. The van der Waals surface area contributed by atoms with Crippen LogP contribution in [0.3, 0.4) is 0 Å². The van der Waals surface area contributed by atoms with E-state index in [1.54, 1.807) is 0 Å². The molecule has 0 aliphatic carbocycles. The number of hydrogen-bond donors (Lipinski definition) is 2. The third kappa shape index (κ3) is 2.17. The Kier molecular flexibility index (Phi) is 3.01. The summed E-state index contributed by atoms with van der Waals surface area (Å²) >= 11 is 5.82. The fourth-order valence-electron chi connectivity index (χ4n) is 2.15. The first-order valence-corrected chi connectivity index (χ1v) is 5.70. The Morgan fingerprint density at radius 2 is 2.07 bits per heavy atom. The van der Waals surface area contributed by atoms with Gasteiger partial charge >= 0.3 is 0 Å². The minimum atomic E-state index is -0.804. The van der Waals surface area contributed by atoms with Crippen molar-refractivity contribution in [3.8, 4) is 0 Å². The molecule has 2 nitrogen and oxygen atoms in total. The number of rotatable bonds is 2. The van der Waals surface area contributed by atoms with Gasteiger partial charge in [0.2, 0.25) is 0 Å². The maximum atomic E-state index is 10.5. The number of aliphatic hydroxyl groups is 1. The molecule has 15 heavy (non-hydrogen) atoms. The van der Waals surface area contributed by atoms with Crippen molar-refractivity contribution in [2.45, 2.75) is 31.4 Å². The Morgan fingerprint density at radius 3 is 2.60 bits per heavy atom. The monoisotopic (exact) mass is 225 g/mol. The molecule has 0 spiro atoms. The van der Waals surface area contributed by atoms with Crippen molar-refractivity contribution >= 4 is 11.6 Å². The van der Waals surface area contributed by atoms with Crippen molar-refractivity contribution in [3.05, 3.63) is 34.9 Å². The van der Waals surface area contributed by atoms with Crippen molar-refractivity contribution in [2.75, 3.05) is 6.54 Å². The van der Waals surface area contributed by atoms with E-state index in [0.29, 0.717) is 5.02 Å². The average molecular weight is 226 g/mol. The standard InChI is InChI=1S/C12H16ClNO/c1-12(15,11-3-2-8-14-11)9-4-6-10(13)7-5-9/h4-7,11,14-15H,2-3,8H2,1H3. The molecular weight excluding hydrogens is 210 g/mol. The SMILES string of the molecule is CC(O)(c1ccc(Cl)cc1)C1CCCN1. The maximum absolute atomic E-state index is 10.5. The molecule has 1 aliphatic rings. The molecular formula is C12H16ClNO.